The lowest BCUT2D eigenvalue weighted by Gasteiger charge is -2.45. The van der Waals surface area contributed by atoms with E-state index < -0.39 is 5.60 Å². The van der Waals surface area contributed by atoms with Gasteiger partial charge in [-0.1, -0.05) is 13.0 Å². The Bertz CT molecular complexity index is 456. The quantitative estimate of drug-likeness (QED) is 0.835. The second kappa shape index (κ2) is 5.59. The van der Waals surface area contributed by atoms with Gasteiger partial charge in [-0.05, 0) is 18.6 Å². The summed E-state index contributed by atoms with van der Waals surface area (Å²) in [5.41, 5.74) is 0.117. The third-order valence-corrected chi connectivity index (χ3v) is 3.41. The first kappa shape index (κ1) is 13.8. The van der Waals surface area contributed by atoms with Gasteiger partial charge in [0.15, 0.2) is 0 Å². The molecule has 0 bridgehead atoms. The number of hydrogen-bond donors (Lipinski definition) is 2. The smallest absolute Gasteiger partial charge is 0.238 e. The average molecular weight is 264 g/mol. The second-order valence-electron chi connectivity index (χ2n) is 5.00. The van der Waals surface area contributed by atoms with Gasteiger partial charge in [-0.2, -0.15) is 0 Å². The van der Waals surface area contributed by atoms with Crippen LogP contribution in [0.5, 0.6) is 5.75 Å². The number of aliphatic hydroxyl groups is 1. The lowest BCUT2D eigenvalue weighted by atomic mass is 9.91. The Balaban J connectivity index is 1.82. The predicted octanol–water partition coefficient (Wildman–Crippen LogP) is 1.09. The summed E-state index contributed by atoms with van der Waals surface area (Å²) in [6.45, 7) is 3.39. The van der Waals surface area contributed by atoms with E-state index in [1.54, 1.807) is 13.2 Å². The van der Waals surface area contributed by atoms with Crippen molar-refractivity contribution in [1.29, 1.82) is 0 Å². The normalized spacial score (nSPS) is 17.6. The van der Waals surface area contributed by atoms with E-state index in [4.69, 9.17) is 4.74 Å². The zero-order valence-electron chi connectivity index (χ0n) is 11.3. The summed E-state index contributed by atoms with van der Waals surface area (Å²) in [5.74, 6) is 0.633. The molecular formula is C14H20N2O3. The van der Waals surface area contributed by atoms with E-state index in [0.29, 0.717) is 25.4 Å². The van der Waals surface area contributed by atoms with E-state index in [1.165, 1.54) is 0 Å². The third kappa shape index (κ3) is 3.45. The van der Waals surface area contributed by atoms with Crippen molar-refractivity contribution in [3.63, 3.8) is 0 Å². The Morgan fingerprint density at radius 1 is 1.53 bits per heavy atom. The van der Waals surface area contributed by atoms with Gasteiger partial charge >= 0.3 is 0 Å². The van der Waals surface area contributed by atoms with Crippen molar-refractivity contribution >= 4 is 11.6 Å². The van der Waals surface area contributed by atoms with E-state index in [2.05, 4.69) is 5.32 Å². The zero-order chi connectivity index (χ0) is 13.9. The van der Waals surface area contributed by atoms with Gasteiger partial charge in [0.05, 0.1) is 19.3 Å². The van der Waals surface area contributed by atoms with Crippen molar-refractivity contribution in [3.8, 4) is 5.75 Å². The van der Waals surface area contributed by atoms with E-state index in [9.17, 15) is 9.90 Å². The van der Waals surface area contributed by atoms with Crippen LogP contribution in [0.1, 0.15) is 13.3 Å². The average Bonchev–Trinajstić information content (AvgIpc) is 2.36. The monoisotopic (exact) mass is 264 g/mol. The third-order valence-electron chi connectivity index (χ3n) is 3.41. The molecule has 0 unspecified atom stereocenters. The highest BCUT2D eigenvalue weighted by Gasteiger charge is 2.39. The molecule has 1 saturated heterocycles. The van der Waals surface area contributed by atoms with Gasteiger partial charge in [0.25, 0.3) is 0 Å². The van der Waals surface area contributed by atoms with Crippen LogP contribution in [0.25, 0.3) is 0 Å². The number of β-amino-alcohol motifs (C(OH)–C–C–N with tert-alkyl or cyclic N) is 1. The Morgan fingerprint density at radius 3 is 2.89 bits per heavy atom. The molecule has 0 atom stereocenters. The van der Waals surface area contributed by atoms with Gasteiger partial charge in [0.1, 0.15) is 5.75 Å². The number of nitrogens with one attached hydrogen (secondary N) is 1. The highest BCUT2D eigenvalue weighted by Crippen LogP contribution is 2.23. The maximum atomic E-state index is 11.8. The maximum Gasteiger partial charge on any atom is 0.238 e. The number of methoxy groups -OCH3 is 1. The summed E-state index contributed by atoms with van der Waals surface area (Å²) >= 11 is 0. The molecule has 2 N–H and O–H groups in total. The number of carbonyl (C=O) groups is 1. The molecule has 1 aliphatic rings. The lowest BCUT2D eigenvalue weighted by molar-refractivity contribution is -0.128. The summed E-state index contributed by atoms with van der Waals surface area (Å²) in [7, 11) is 1.59. The van der Waals surface area contributed by atoms with Crippen LogP contribution in [0.3, 0.4) is 0 Å². The fourth-order valence-electron chi connectivity index (χ4n) is 2.23. The molecule has 0 saturated carbocycles. The topological polar surface area (TPSA) is 61.8 Å². The van der Waals surface area contributed by atoms with Crippen molar-refractivity contribution in [2.75, 3.05) is 32.1 Å². The van der Waals surface area contributed by atoms with Crippen molar-refractivity contribution in [2.45, 2.75) is 18.9 Å². The van der Waals surface area contributed by atoms with E-state index in [-0.39, 0.29) is 5.91 Å². The molecule has 1 heterocycles. The first-order valence-corrected chi connectivity index (χ1v) is 6.43. The molecule has 19 heavy (non-hydrogen) atoms. The van der Waals surface area contributed by atoms with Gasteiger partial charge in [0, 0.05) is 24.8 Å². The number of amides is 1. The number of anilines is 1. The molecule has 1 aromatic carbocycles. The van der Waals surface area contributed by atoms with Gasteiger partial charge in [0.2, 0.25) is 5.91 Å². The first-order valence-electron chi connectivity index (χ1n) is 6.43. The SMILES string of the molecule is CCC1(O)CN(CC(=O)Nc2cccc(OC)c2)C1. The van der Waals surface area contributed by atoms with Crippen molar-refractivity contribution in [3.05, 3.63) is 24.3 Å². The predicted molar refractivity (Wildman–Crippen MR) is 73.3 cm³/mol. The minimum absolute atomic E-state index is 0.0774. The highest BCUT2D eigenvalue weighted by atomic mass is 16.5. The fourth-order valence-corrected chi connectivity index (χ4v) is 2.23. The van der Waals surface area contributed by atoms with Crippen LogP contribution in [0, 0.1) is 0 Å². The fraction of sp³-hybridized carbons (Fsp3) is 0.500. The lowest BCUT2D eigenvalue weighted by Crippen LogP contribution is -2.62. The molecule has 5 nitrogen and oxygen atoms in total. The van der Waals surface area contributed by atoms with Gasteiger partial charge in [-0.25, -0.2) is 0 Å². The summed E-state index contributed by atoms with van der Waals surface area (Å²) in [5, 5.41) is 12.7. The Hall–Kier alpha value is -1.59. The standard InChI is InChI=1S/C14H20N2O3/c1-3-14(18)9-16(10-14)8-13(17)15-11-5-4-6-12(7-11)19-2/h4-7,18H,3,8-10H2,1-2H3,(H,15,17). The molecule has 1 aromatic rings. The molecule has 5 heteroatoms. The van der Waals surface area contributed by atoms with Crippen LogP contribution in [-0.2, 0) is 4.79 Å². The number of rotatable bonds is 5. The van der Waals surface area contributed by atoms with Crippen molar-refractivity contribution in [1.82, 2.24) is 4.90 Å². The summed E-state index contributed by atoms with van der Waals surface area (Å²) < 4.78 is 5.10. The molecule has 1 fully saturated rings. The molecule has 104 valence electrons. The van der Waals surface area contributed by atoms with Crippen LogP contribution in [0.15, 0.2) is 24.3 Å². The largest absolute Gasteiger partial charge is 0.497 e. The highest BCUT2D eigenvalue weighted by molar-refractivity contribution is 5.92. The molecular weight excluding hydrogens is 244 g/mol. The van der Waals surface area contributed by atoms with Crippen LogP contribution in [0.4, 0.5) is 5.69 Å². The summed E-state index contributed by atoms with van der Waals surface area (Å²) in [6.07, 6.45) is 0.723. The van der Waals surface area contributed by atoms with Crippen LogP contribution in [0.2, 0.25) is 0 Å². The van der Waals surface area contributed by atoms with E-state index >= 15 is 0 Å². The Labute approximate surface area is 113 Å². The van der Waals surface area contributed by atoms with E-state index in [1.807, 2.05) is 30.0 Å². The zero-order valence-corrected chi connectivity index (χ0v) is 11.3. The maximum absolute atomic E-state index is 11.8. The first-order chi connectivity index (χ1) is 9.04. The Morgan fingerprint density at radius 2 is 2.26 bits per heavy atom. The Kier molecular flexibility index (Phi) is 4.07. The number of nitrogens with zero attached hydrogens (tertiary/aromatic N) is 1. The van der Waals surface area contributed by atoms with Crippen LogP contribution in [-0.4, -0.2) is 48.3 Å². The molecule has 0 radical (unpaired) electrons. The van der Waals surface area contributed by atoms with Crippen molar-refractivity contribution < 1.29 is 14.6 Å². The summed E-state index contributed by atoms with van der Waals surface area (Å²) in [4.78, 5) is 13.8. The number of benzene rings is 1. The number of carbonyl (C=O) groups excluding carboxylic acids is 1. The second-order valence-corrected chi connectivity index (χ2v) is 5.00. The molecule has 2 rings (SSSR count). The minimum Gasteiger partial charge on any atom is -0.497 e. The number of hydrogen-bond acceptors (Lipinski definition) is 4. The number of ether oxygens (including phenoxy) is 1. The molecule has 1 amide bonds. The van der Waals surface area contributed by atoms with Crippen LogP contribution >= 0.6 is 0 Å². The van der Waals surface area contributed by atoms with Gasteiger partial charge in [-0.3, -0.25) is 9.69 Å². The van der Waals surface area contributed by atoms with E-state index in [0.717, 1.165) is 12.1 Å². The van der Waals surface area contributed by atoms with Crippen LogP contribution < -0.4 is 10.1 Å². The number of likely N-dealkylation sites (tertiary alicyclic amines) is 1. The molecule has 0 spiro atoms. The molecule has 0 aliphatic carbocycles. The summed E-state index contributed by atoms with van der Waals surface area (Å²) in [6, 6.07) is 7.25. The molecule has 0 aromatic heterocycles. The van der Waals surface area contributed by atoms with Gasteiger partial charge < -0.3 is 15.2 Å². The van der Waals surface area contributed by atoms with Gasteiger partial charge in [-0.15, -0.1) is 0 Å². The molecule has 1 aliphatic heterocycles. The van der Waals surface area contributed by atoms with Crippen molar-refractivity contribution in [2.24, 2.45) is 0 Å². The minimum atomic E-state index is -0.601.